The van der Waals surface area contributed by atoms with Crippen molar-refractivity contribution in [2.75, 3.05) is 20.6 Å². The van der Waals surface area contributed by atoms with E-state index in [0.717, 1.165) is 11.8 Å². The molecule has 4 heteroatoms. The van der Waals surface area contributed by atoms with E-state index >= 15 is 0 Å². The van der Waals surface area contributed by atoms with Gasteiger partial charge in [0, 0.05) is 38.1 Å². The van der Waals surface area contributed by atoms with Crippen molar-refractivity contribution in [3.05, 3.63) is 0 Å². The maximum Gasteiger partial charge on any atom is 0.0788 e. The summed E-state index contributed by atoms with van der Waals surface area (Å²) >= 11 is 0. The highest BCUT2D eigenvalue weighted by Crippen LogP contribution is 2.51. The molecule has 2 N–H and O–H groups in total. The first kappa shape index (κ1) is 16.7. The summed E-state index contributed by atoms with van der Waals surface area (Å²) in [7, 11) is 4.44. The molecular formula is C18H36N4. The maximum absolute atomic E-state index is 3.99. The summed E-state index contributed by atoms with van der Waals surface area (Å²) in [4.78, 5) is 0. The smallest absolute Gasteiger partial charge is 0.0788 e. The Hall–Kier alpha value is -0.160. The lowest BCUT2D eigenvalue weighted by molar-refractivity contribution is -0.0788. The van der Waals surface area contributed by atoms with Gasteiger partial charge >= 0.3 is 0 Å². The van der Waals surface area contributed by atoms with Gasteiger partial charge in [-0.2, -0.15) is 0 Å². The van der Waals surface area contributed by atoms with Gasteiger partial charge in [0.2, 0.25) is 0 Å². The lowest BCUT2D eigenvalue weighted by Gasteiger charge is -2.45. The van der Waals surface area contributed by atoms with Gasteiger partial charge in [-0.05, 0) is 36.6 Å². The van der Waals surface area contributed by atoms with Crippen molar-refractivity contribution in [1.82, 2.24) is 20.7 Å². The minimum Gasteiger partial charge on any atom is -0.312 e. The molecule has 4 nitrogen and oxygen atoms in total. The van der Waals surface area contributed by atoms with E-state index in [1.807, 2.05) is 0 Å². The molecule has 0 aromatic rings. The second-order valence-electron chi connectivity index (χ2n) is 9.28. The van der Waals surface area contributed by atoms with Gasteiger partial charge in [0.25, 0.3) is 0 Å². The Morgan fingerprint density at radius 1 is 1.18 bits per heavy atom. The van der Waals surface area contributed by atoms with E-state index < -0.39 is 0 Å². The van der Waals surface area contributed by atoms with E-state index in [9.17, 15) is 0 Å². The Balaban J connectivity index is 2.00. The third-order valence-corrected chi connectivity index (χ3v) is 6.17. The third-order valence-electron chi connectivity index (χ3n) is 6.17. The molecule has 0 aliphatic carbocycles. The zero-order valence-electron chi connectivity index (χ0n) is 15.6. The number of fused-ring (bicyclic) bond motifs is 3. The van der Waals surface area contributed by atoms with Gasteiger partial charge in [-0.1, -0.05) is 34.6 Å². The van der Waals surface area contributed by atoms with E-state index in [1.165, 1.54) is 19.4 Å². The summed E-state index contributed by atoms with van der Waals surface area (Å²) in [6, 6.07) is 1.91. The topological polar surface area (TPSA) is 30.5 Å². The Bertz CT molecular complexity index is 400. The number of hydrogen-bond acceptors (Lipinski definition) is 4. The highest BCUT2D eigenvalue weighted by Gasteiger charge is 2.61. The summed E-state index contributed by atoms with van der Waals surface area (Å²) in [5.41, 5.74) is 0.287. The predicted molar refractivity (Wildman–Crippen MR) is 92.3 cm³/mol. The van der Waals surface area contributed by atoms with Crippen LogP contribution < -0.4 is 10.6 Å². The number of nitrogens with one attached hydrogen (secondary N) is 2. The lowest BCUT2D eigenvalue weighted by atomic mass is 9.69. The fraction of sp³-hybridized carbons (Fsp3) is 1.00. The second kappa shape index (κ2) is 5.73. The molecule has 3 aliphatic rings. The molecule has 6 atom stereocenters. The van der Waals surface area contributed by atoms with Crippen molar-refractivity contribution in [2.45, 2.75) is 71.8 Å². The molecular weight excluding hydrogens is 272 g/mol. The molecule has 128 valence electrons. The molecule has 3 aliphatic heterocycles. The number of piperidine rings is 1. The average Bonchev–Trinajstić information content (AvgIpc) is 2.90. The van der Waals surface area contributed by atoms with Gasteiger partial charge in [0.15, 0.2) is 0 Å². The van der Waals surface area contributed by atoms with Crippen LogP contribution in [-0.2, 0) is 0 Å². The van der Waals surface area contributed by atoms with Crippen LogP contribution in [0.25, 0.3) is 0 Å². The molecule has 6 unspecified atom stereocenters. The molecule has 0 radical (unpaired) electrons. The van der Waals surface area contributed by atoms with Crippen LogP contribution in [0, 0.1) is 23.2 Å². The SMILES string of the molecule is CC(C)C1C2C3NCCCC3NC2N(N(C)C)C1C(C)(C)C. The summed E-state index contributed by atoms with van der Waals surface area (Å²) in [5, 5.41) is 12.9. The monoisotopic (exact) mass is 308 g/mol. The van der Waals surface area contributed by atoms with Crippen LogP contribution in [0.5, 0.6) is 0 Å². The van der Waals surface area contributed by atoms with Gasteiger partial charge in [-0.15, -0.1) is 0 Å². The molecule has 0 aromatic carbocycles. The molecule has 0 amide bonds. The van der Waals surface area contributed by atoms with Crippen molar-refractivity contribution >= 4 is 0 Å². The van der Waals surface area contributed by atoms with Crippen LogP contribution in [0.2, 0.25) is 0 Å². The Kier molecular flexibility index (Phi) is 4.35. The second-order valence-corrected chi connectivity index (χ2v) is 9.28. The first-order valence-corrected chi connectivity index (χ1v) is 9.18. The average molecular weight is 309 g/mol. The molecule has 0 aromatic heterocycles. The largest absolute Gasteiger partial charge is 0.312 e. The highest BCUT2D eigenvalue weighted by molar-refractivity contribution is 5.13. The van der Waals surface area contributed by atoms with Crippen molar-refractivity contribution in [1.29, 1.82) is 0 Å². The predicted octanol–water partition coefficient (Wildman–Crippen LogP) is 2.13. The van der Waals surface area contributed by atoms with Gasteiger partial charge in [0.05, 0.1) is 6.17 Å². The van der Waals surface area contributed by atoms with Gasteiger partial charge in [-0.3, -0.25) is 5.32 Å². The van der Waals surface area contributed by atoms with Crippen LogP contribution in [0.3, 0.4) is 0 Å². The van der Waals surface area contributed by atoms with Crippen LogP contribution in [0.4, 0.5) is 0 Å². The van der Waals surface area contributed by atoms with E-state index in [-0.39, 0.29) is 5.41 Å². The number of hydrazine groups is 1. The van der Waals surface area contributed by atoms with E-state index in [1.54, 1.807) is 0 Å². The quantitative estimate of drug-likeness (QED) is 0.818. The van der Waals surface area contributed by atoms with Crippen molar-refractivity contribution in [3.8, 4) is 0 Å². The Morgan fingerprint density at radius 3 is 2.41 bits per heavy atom. The molecule has 0 spiro atoms. The Morgan fingerprint density at radius 2 is 1.86 bits per heavy atom. The van der Waals surface area contributed by atoms with E-state index in [4.69, 9.17) is 0 Å². The van der Waals surface area contributed by atoms with Crippen LogP contribution in [-0.4, -0.2) is 54.9 Å². The van der Waals surface area contributed by atoms with Crippen molar-refractivity contribution in [3.63, 3.8) is 0 Å². The summed E-state index contributed by atoms with van der Waals surface area (Å²) in [6.07, 6.45) is 3.13. The number of hydrogen-bond donors (Lipinski definition) is 2. The normalized spacial score (nSPS) is 43.0. The Labute approximate surface area is 137 Å². The van der Waals surface area contributed by atoms with E-state index in [2.05, 4.69) is 69.4 Å². The fourth-order valence-corrected chi connectivity index (χ4v) is 5.57. The molecule has 3 fully saturated rings. The van der Waals surface area contributed by atoms with Gasteiger partial charge in [-0.25, -0.2) is 10.0 Å². The summed E-state index contributed by atoms with van der Waals surface area (Å²) in [5.74, 6) is 2.17. The van der Waals surface area contributed by atoms with E-state index in [0.29, 0.717) is 30.2 Å². The van der Waals surface area contributed by atoms with Crippen molar-refractivity contribution < 1.29 is 0 Å². The highest BCUT2D eigenvalue weighted by atomic mass is 15.7. The molecule has 3 saturated heterocycles. The summed E-state index contributed by atoms with van der Waals surface area (Å²) < 4.78 is 0. The zero-order chi connectivity index (χ0) is 16.2. The fourth-order valence-electron chi connectivity index (χ4n) is 5.57. The van der Waals surface area contributed by atoms with Gasteiger partial charge < -0.3 is 5.32 Å². The van der Waals surface area contributed by atoms with Gasteiger partial charge in [0.1, 0.15) is 0 Å². The first-order valence-electron chi connectivity index (χ1n) is 9.18. The van der Waals surface area contributed by atoms with Crippen LogP contribution in [0.1, 0.15) is 47.5 Å². The standard InChI is InChI=1S/C18H36N4/c1-11(2)13-14-15-12(9-8-10-19-15)20-17(14)22(21(6)7)16(13)18(3,4)5/h11-17,19-20H,8-10H2,1-7H3. The molecule has 0 saturated carbocycles. The van der Waals surface area contributed by atoms with Crippen LogP contribution in [0.15, 0.2) is 0 Å². The molecule has 0 bridgehead atoms. The third kappa shape index (κ3) is 2.52. The van der Waals surface area contributed by atoms with Crippen molar-refractivity contribution in [2.24, 2.45) is 23.2 Å². The lowest BCUT2D eigenvalue weighted by Crippen LogP contribution is -2.57. The maximum atomic E-state index is 3.99. The number of rotatable bonds is 2. The molecule has 3 heterocycles. The molecule has 22 heavy (non-hydrogen) atoms. The van der Waals surface area contributed by atoms with Crippen LogP contribution >= 0.6 is 0 Å². The minimum atomic E-state index is 0.287. The molecule has 3 rings (SSSR count). The number of nitrogens with zero attached hydrogens (tertiary/aromatic N) is 2. The zero-order valence-corrected chi connectivity index (χ0v) is 15.6. The summed E-state index contributed by atoms with van der Waals surface area (Å²) in [6.45, 7) is 13.3. The minimum absolute atomic E-state index is 0.287. The first-order chi connectivity index (χ1) is 10.2.